The van der Waals surface area contributed by atoms with E-state index in [1.165, 1.54) is 12.1 Å². The lowest BCUT2D eigenvalue weighted by atomic mass is 9.43. The Morgan fingerprint density at radius 3 is 2.75 bits per heavy atom. The summed E-state index contributed by atoms with van der Waals surface area (Å²) < 4.78 is 18.7. The quantitative estimate of drug-likeness (QED) is 0.746. The van der Waals surface area contributed by atoms with Gasteiger partial charge in [-0.05, 0) is 38.3 Å². The fraction of sp³-hybridized carbons (Fsp3) is 0.579. The molecule has 4 aliphatic rings. The Bertz CT molecular complexity index is 801. The molecule has 28 heavy (non-hydrogen) atoms. The van der Waals surface area contributed by atoms with Crippen LogP contribution >= 0.6 is 11.6 Å². The molecule has 1 aromatic carbocycles. The molecule has 2 N–H and O–H groups in total. The van der Waals surface area contributed by atoms with Gasteiger partial charge in [0.15, 0.2) is 12.7 Å². The van der Waals surface area contributed by atoms with Crippen molar-refractivity contribution in [2.75, 3.05) is 13.7 Å². The molecule has 2 bridgehead atoms. The van der Waals surface area contributed by atoms with E-state index >= 15 is 0 Å². The van der Waals surface area contributed by atoms with Crippen LogP contribution < -0.4 is 15.5 Å². The van der Waals surface area contributed by atoms with Crippen LogP contribution in [-0.2, 0) is 14.4 Å². The lowest BCUT2D eigenvalue weighted by Gasteiger charge is -2.73. The van der Waals surface area contributed by atoms with Crippen molar-refractivity contribution in [2.24, 2.45) is 0 Å². The molecule has 1 aliphatic heterocycles. The molecule has 9 heteroatoms. The average molecular weight is 412 g/mol. The summed E-state index contributed by atoms with van der Waals surface area (Å²) in [6.45, 7) is 1.77. The normalized spacial score (nSPS) is 32.9. The summed E-state index contributed by atoms with van der Waals surface area (Å²) in [6, 6.07) is 4.20. The third kappa shape index (κ3) is 3.33. The molecule has 3 aliphatic carbocycles. The monoisotopic (exact) mass is 411 g/mol. The van der Waals surface area contributed by atoms with E-state index in [0.717, 1.165) is 25.3 Å². The van der Waals surface area contributed by atoms with Crippen molar-refractivity contribution in [2.45, 2.75) is 55.8 Å². The van der Waals surface area contributed by atoms with Crippen LogP contribution in [0.1, 0.15) is 32.6 Å². The highest BCUT2D eigenvalue weighted by atomic mass is 35.5. The molecule has 1 heterocycles. The molecule has 7 nitrogen and oxygen atoms in total. The molecule has 1 saturated heterocycles. The lowest BCUT2D eigenvalue weighted by molar-refractivity contribution is -0.193. The third-order valence-corrected chi connectivity index (χ3v) is 6.27. The number of rotatable bonds is 6. The number of hydroxylamine groups is 1. The van der Waals surface area contributed by atoms with E-state index in [2.05, 4.69) is 10.8 Å². The van der Waals surface area contributed by atoms with Crippen molar-refractivity contribution >= 4 is 23.4 Å². The summed E-state index contributed by atoms with van der Waals surface area (Å²) >= 11 is 5.62. The smallest absolute Gasteiger partial charge is 0.258 e. The maximum Gasteiger partial charge on any atom is 0.258 e. The van der Waals surface area contributed by atoms with Crippen LogP contribution in [0.2, 0.25) is 5.02 Å². The number of hydrogen-bond donors (Lipinski definition) is 2. The molecular weight excluding hydrogens is 389 g/mol. The van der Waals surface area contributed by atoms with Gasteiger partial charge in [-0.2, -0.15) is 5.48 Å². The van der Waals surface area contributed by atoms with E-state index in [-0.39, 0.29) is 46.3 Å². The Morgan fingerprint density at radius 1 is 1.43 bits per heavy atom. The van der Waals surface area contributed by atoms with Gasteiger partial charge in [0, 0.05) is 36.7 Å². The average Bonchev–Trinajstić information content (AvgIpc) is 3.03. The van der Waals surface area contributed by atoms with Gasteiger partial charge in [0.1, 0.15) is 11.6 Å². The molecule has 0 aromatic heterocycles. The van der Waals surface area contributed by atoms with Gasteiger partial charge >= 0.3 is 0 Å². The molecule has 2 amide bonds. The minimum absolute atomic E-state index is 0.00266. The van der Waals surface area contributed by atoms with Gasteiger partial charge in [-0.25, -0.2) is 4.39 Å². The highest BCUT2D eigenvalue weighted by Gasteiger charge is 2.71. The fourth-order valence-electron chi connectivity index (χ4n) is 4.49. The van der Waals surface area contributed by atoms with Crippen LogP contribution in [0.4, 0.5) is 4.39 Å². The summed E-state index contributed by atoms with van der Waals surface area (Å²) in [7, 11) is 1.80. The van der Waals surface area contributed by atoms with E-state index in [1.807, 2.05) is 6.92 Å². The zero-order valence-corrected chi connectivity index (χ0v) is 16.5. The van der Waals surface area contributed by atoms with Crippen LogP contribution in [0.3, 0.4) is 0 Å². The standard InChI is InChI=1S/C19H23ClFN3O4/c1-11-5-15(28-23-11)17(26)24(2)19-8-18(9-19,10-19)22-16(25)7-27-12-3-4-13(20)14(21)6-12/h3-4,6,11,15,23H,5,7-10H2,1-2H3,(H,22,25). The second-order valence-electron chi connectivity index (χ2n) is 8.21. The summed E-state index contributed by atoms with van der Waals surface area (Å²) in [6.07, 6.45) is 2.37. The molecule has 152 valence electrons. The number of amides is 2. The topological polar surface area (TPSA) is 79.9 Å². The van der Waals surface area contributed by atoms with Gasteiger partial charge in [-0.3, -0.25) is 14.4 Å². The van der Waals surface area contributed by atoms with E-state index in [1.54, 1.807) is 11.9 Å². The van der Waals surface area contributed by atoms with Crippen LogP contribution in [0.15, 0.2) is 18.2 Å². The zero-order valence-electron chi connectivity index (χ0n) is 15.8. The van der Waals surface area contributed by atoms with Crippen molar-refractivity contribution in [3.05, 3.63) is 29.0 Å². The largest absolute Gasteiger partial charge is 0.484 e. The first-order chi connectivity index (χ1) is 13.2. The zero-order chi connectivity index (χ0) is 20.1. The first-order valence-corrected chi connectivity index (χ1v) is 9.68. The summed E-state index contributed by atoms with van der Waals surface area (Å²) in [5.41, 5.74) is 2.35. The number of benzene rings is 1. The van der Waals surface area contributed by atoms with Crippen LogP contribution in [0.5, 0.6) is 5.75 Å². The predicted molar refractivity (Wildman–Crippen MR) is 99.2 cm³/mol. The van der Waals surface area contributed by atoms with Gasteiger partial charge in [-0.15, -0.1) is 0 Å². The summed E-state index contributed by atoms with van der Waals surface area (Å²) in [5, 5.41) is 2.99. The number of likely N-dealkylation sites (N-methyl/N-ethyl adjacent to an activating group) is 1. The van der Waals surface area contributed by atoms with Crippen molar-refractivity contribution < 1.29 is 23.6 Å². The number of nitrogens with one attached hydrogen (secondary N) is 2. The van der Waals surface area contributed by atoms with Crippen LogP contribution in [0.25, 0.3) is 0 Å². The Kier molecular flexibility index (Phi) is 4.76. The Morgan fingerprint density at radius 2 is 2.14 bits per heavy atom. The first-order valence-electron chi connectivity index (χ1n) is 9.30. The van der Waals surface area contributed by atoms with Gasteiger partial charge in [-0.1, -0.05) is 11.6 Å². The summed E-state index contributed by atoms with van der Waals surface area (Å²) in [5.74, 6) is -0.639. The number of carbonyl (C=O) groups is 2. The molecule has 4 fully saturated rings. The van der Waals surface area contributed by atoms with E-state index < -0.39 is 11.9 Å². The highest BCUT2D eigenvalue weighted by Crippen LogP contribution is 2.63. The van der Waals surface area contributed by atoms with Gasteiger partial charge in [0.25, 0.3) is 11.8 Å². The maximum atomic E-state index is 13.4. The fourth-order valence-corrected chi connectivity index (χ4v) is 4.60. The third-order valence-electron chi connectivity index (χ3n) is 5.96. The van der Waals surface area contributed by atoms with E-state index in [0.29, 0.717) is 6.42 Å². The van der Waals surface area contributed by atoms with E-state index in [9.17, 15) is 14.0 Å². The van der Waals surface area contributed by atoms with Gasteiger partial charge in [0.2, 0.25) is 0 Å². The molecule has 0 spiro atoms. The molecular formula is C19H23ClFN3O4. The molecule has 5 rings (SSSR count). The lowest BCUT2D eigenvalue weighted by Crippen LogP contribution is -2.84. The van der Waals surface area contributed by atoms with Crippen molar-refractivity contribution in [3.63, 3.8) is 0 Å². The van der Waals surface area contributed by atoms with Gasteiger partial charge in [0.05, 0.1) is 5.02 Å². The maximum absolute atomic E-state index is 13.4. The predicted octanol–water partition coefficient (Wildman–Crippen LogP) is 1.79. The second kappa shape index (κ2) is 6.86. The highest BCUT2D eigenvalue weighted by molar-refractivity contribution is 6.30. The van der Waals surface area contributed by atoms with Crippen LogP contribution in [0, 0.1) is 5.82 Å². The number of hydrogen-bond acceptors (Lipinski definition) is 5. The number of nitrogens with zero attached hydrogens (tertiary/aromatic N) is 1. The number of halogens is 2. The molecule has 3 saturated carbocycles. The molecule has 1 aromatic rings. The Balaban J connectivity index is 1.24. The minimum Gasteiger partial charge on any atom is -0.484 e. The SMILES string of the molecule is CC1CC(C(=O)N(C)C23CC(NC(=O)COc4ccc(Cl)c(F)c4)(C2)C3)ON1. The number of carbonyl (C=O) groups excluding carboxylic acids is 2. The molecule has 2 unspecified atom stereocenters. The Hall–Kier alpha value is -1.90. The second-order valence-corrected chi connectivity index (χ2v) is 8.61. The molecule has 0 radical (unpaired) electrons. The van der Waals surface area contributed by atoms with Crippen molar-refractivity contribution in [1.82, 2.24) is 15.7 Å². The van der Waals surface area contributed by atoms with Crippen LogP contribution in [-0.4, -0.2) is 53.6 Å². The van der Waals surface area contributed by atoms with Crippen molar-refractivity contribution in [3.8, 4) is 5.75 Å². The van der Waals surface area contributed by atoms with E-state index in [4.69, 9.17) is 21.2 Å². The minimum atomic E-state index is -0.593. The molecule has 2 atom stereocenters. The summed E-state index contributed by atoms with van der Waals surface area (Å²) in [4.78, 5) is 31.9. The number of ether oxygens (including phenoxy) is 1. The van der Waals surface area contributed by atoms with Crippen molar-refractivity contribution in [1.29, 1.82) is 0 Å². The Labute approximate surface area is 167 Å². The first kappa shape index (κ1) is 19.4. The van der Waals surface area contributed by atoms with Gasteiger partial charge < -0.3 is 15.0 Å².